The van der Waals surface area contributed by atoms with Gasteiger partial charge in [-0.25, -0.2) is 9.97 Å². The van der Waals surface area contributed by atoms with Crippen LogP contribution in [0.1, 0.15) is 32.4 Å². The smallest absolute Gasteiger partial charge is 0.132 e. The van der Waals surface area contributed by atoms with Gasteiger partial charge in [-0.2, -0.15) is 0 Å². The minimum atomic E-state index is 0.338. The van der Waals surface area contributed by atoms with Crippen LogP contribution in [0, 0.1) is 6.92 Å². The summed E-state index contributed by atoms with van der Waals surface area (Å²) in [6.45, 7) is 10.7. The van der Waals surface area contributed by atoms with Crippen LogP contribution >= 0.6 is 0 Å². The zero-order valence-corrected chi connectivity index (χ0v) is 13.3. The summed E-state index contributed by atoms with van der Waals surface area (Å²) in [5.74, 6) is 1.08. The highest BCUT2D eigenvalue weighted by Gasteiger charge is 2.30. The van der Waals surface area contributed by atoms with E-state index in [1.807, 2.05) is 6.92 Å². The number of hydrogen-bond acceptors (Lipinski definition) is 5. The van der Waals surface area contributed by atoms with Crippen molar-refractivity contribution in [1.29, 1.82) is 0 Å². The summed E-state index contributed by atoms with van der Waals surface area (Å²) in [5, 5.41) is 0. The van der Waals surface area contributed by atoms with Gasteiger partial charge < -0.3 is 9.64 Å². The Balaban J connectivity index is 1.67. The van der Waals surface area contributed by atoms with E-state index in [1.165, 1.54) is 12.8 Å². The minimum Gasteiger partial charge on any atom is -0.373 e. The maximum atomic E-state index is 5.83. The molecular formula is C16H26N4O. The van der Waals surface area contributed by atoms with Gasteiger partial charge >= 0.3 is 0 Å². The molecule has 2 aliphatic heterocycles. The largest absolute Gasteiger partial charge is 0.373 e. The molecule has 1 aromatic rings. The normalized spacial score (nSPS) is 30.8. The summed E-state index contributed by atoms with van der Waals surface area (Å²) in [6, 6.07) is 2.67. The standard InChI is InChI=1S/C16H26N4O/c1-12-7-16(18-11-17-12)20-6-4-5-15(20)10-19-8-13(2)21-14(3)9-19/h7,11,13-15H,4-6,8-10H2,1-3H3/t13-,14+,15-/m1/s1. The molecule has 0 amide bonds. The fourth-order valence-corrected chi connectivity index (χ4v) is 3.66. The number of aryl methyl sites for hydroxylation is 1. The van der Waals surface area contributed by atoms with Gasteiger partial charge in [-0.3, -0.25) is 4.90 Å². The van der Waals surface area contributed by atoms with E-state index in [0.717, 1.165) is 37.7 Å². The van der Waals surface area contributed by atoms with E-state index in [9.17, 15) is 0 Å². The number of nitrogens with zero attached hydrogens (tertiary/aromatic N) is 4. The van der Waals surface area contributed by atoms with Crippen molar-refractivity contribution in [2.24, 2.45) is 0 Å². The molecular weight excluding hydrogens is 264 g/mol. The number of aromatic nitrogens is 2. The zero-order chi connectivity index (χ0) is 14.8. The van der Waals surface area contributed by atoms with Crippen molar-refractivity contribution in [1.82, 2.24) is 14.9 Å². The summed E-state index contributed by atoms with van der Waals surface area (Å²) in [7, 11) is 0. The topological polar surface area (TPSA) is 41.5 Å². The first-order valence-electron chi connectivity index (χ1n) is 8.05. The second-order valence-corrected chi connectivity index (χ2v) is 6.48. The molecule has 21 heavy (non-hydrogen) atoms. The lowest BCUT2D eigenvalue weighted by Crippen LogP contribution is -2.50. The number of rotatable bonds is 3. The average molecular weight is 290 g/mol. The molecule has 2 fully saturated rings. The van der Waals surface area contributed by atoms with E-state index in [0.29, 0.717) is 18.2 Å². The predicted octanol–water partition coefficient (Wildman–Crippen LogP) is 1.86. The zero-order valence-electron chi connectivity index (χ0n) is 13.3. The van der Waals surface area contributed by atoms with Gasteiger partial charge in [0.05, 0.1) is 12.2 Å². The molecule has 0 N–H and O–H groups in total. The van der Waals surface area contributed by atoms with Crippen LogP contribution < -0.4 is 4.90 Å². The van der Waals surface area contributed by atoms with E-state index in [2.05, 4.69) is 39.7 Å². The van der Waals surface area contributed by atoms with Crippen LogP contribution in [0.5, 0.6) is 0 Å². The van der Waals surface area contributed by atoms with Crippen molar-refractivity contribution < 1.29 is 4.74 Å². The number of ether oxygens (including phenoxy) is 1. The highest BCUT2D eigenvalue weighted by Crippen LogP contribution is 2.25. The molecule has 3 heterocycles. The van der Waals surface area contributed by atoms with Gasteiger partial charge in [0, 0.05) is 44.0 Å². The third kappa shape index (κ3) is 3.52. The Morgan fingerprint density at radius 3 is 2.71 bits per heavy atom. The van der Waals surface area contributed by atoms with Gasteiger partial charge in [0.25, 0.3) is 0 Å². The number of morpholine rings is 1. The van der Waals surface area contributed by atoms with Gasteiger partial charge in [-0.15, -0.1) is 0 Å². The van der Waals surface area contributed by atoms with Crippen molar-refractivity contribution in [3.63, 3.8) is 0 Å². The van der Waals surface area contributed by atoms with Gasteiger partial charge in [0.1, 0.15) is 12.1 Å². The Morgan fingerprint density at radius 2 is 2.00 bits per heavy atom. The van der Waals surface area contributed by atoms with Crippen LogP contribution in [0.3, 0.4) is 0 Å². The summed E-state index contributed by atoms with van der Waals surface area (Å²) < 4.78 is 5.83. The molecule has 3 atom stereocenters. The second-order valence-electron chi connectivity index (χ2n) is 6.48. The van der Waals surface area contributed by atoms with Crippen LogP contribution in [0.25, 0.3) is 0 Å². The molecule has 0 unspecified atom stereocenters. The van der Waals surface area contributed by atoms with Gasteiger partial charge in [-0.1, -0.05) is 0 Å². The van der Waals surface area contributed by atoms with Crippen LogP contribution in [-0.2, 0) is 4.74 Å². The maximum absolute atomic E-state index is 5.83. The van der Waals surface area contributed by atoms with Crippen LogP contribution in [0.15, 0.2) is 12.4 Å². The first-order valence-corrected chi connectivity index (χ1v) is 8.05. The molecule has 0 bridgehead atoms. The van der Waals surface area contributed by atoms with E-state index >= 15 is 0 Å². The third-order valence-electron chi connectivity index (χ3n) is 4.42. The monoisotopic (exact) mass is 290 g/mol. The molecule has 3 rings (SSSR count). The van der Waals surface area contributed by atoms with E-state index in [4.69, 9.17) is 4.74 Å². The van der Waals surface area contributed by atoms with Crippen molar-refractivity contribution >= 4 is 5.82 Å². The maximum Gasteiger partial charge on any atom is 0.132 e. The van der Waals surface area contributed by atoms with Crippen LogP contribution in [0.2, 0.25) is 0 Å². The molecule has 116 valence electrons. The minimum absolute atomic E-state index is 0.338. The molecule has 0 spiro atoms. The van der Waals surface area contributed by atoms with Gasteiger partial charge in [0.15, 0.2) is 0 Å². The lowest BCUT2D eigenvalue weighted by molar-refractivity contribution is -0.0689. The third-order valence-corrected chi connectivity index (χ3v) is 4.42. The van der Waals surface area contributed by atoms with E-state index in [1.54, 1.807) is 6.33 Å². The molecule has 5 heteroatoms. The SMILES string of the molecule is Cc1cc(N2CCC[C@@H]2CN2C[C@@H](C)O[C@@H](C)C2)ncn1. The molecule has 2 aliphatic rings. The molecule has 5 nitrogen and oxygen atoms in total. The lowest BCUT2D eigenvalue weighted by atomic mass is 10.1. The van der Waals surface area contributed by atoms with Crippen LogP contribution in [0.4, 0.5) is 5.82 Å². The highest BCUT2D eigenvalue weighted by atomic mass is 16.5. The molecule has 0 radical (unpaired) electrons. The van der Waals surface area contributed by atoms with Crippen LogP contribution in [-0.4, -0.2) is 59.3 Å². The van der Waals surface area contributed by atoms with Crippen molar-refractivity contribution in [2.75, 3.05) is 31.1 Å². The van der Waals surface area contributed by atoms with E-state index < -0.39 is 0 Å². The summed E-state index contributed by atoms with van der Waals surface area (Å²) in [6.07, 6.45) is 4.86. The van der Waals surface area contributed by atoms with Gasteiger partial charge in [0.2, 0.25) is 0 Å². The Bertz CT molecular complexity index is 471. The molecule has 0 saturated carbocycles. The Kier molecular flexibility index (Phi) is 4.40. The summed E-state index contributed by atoms with van der Waals surface area (Å²) in [4.78, 5) is 13.7. The fourth-order valence-electron chi connectivity index (χ4n) is 3.66. The molecule has 1 aromatic heterocycles. The van der Waals surface area contributed by atoms with Crippen molar-refractivity contribution in [3.8, 4) is 0 Å². The number of anilines is 1. The Labute approximate surface area is 127 Å². The van der Waals surface area contributed by atoms with Crippen molar-refractivity contribution in [3.05, 3.63) is 18.1 Å². The predicted molar refractivity (Wildman–Crippen MR) is 83.6 cm³/mol. The fraction of sp³-hybridized carbons (Fsp3) is 0.750. The number of hydrogen-bond donors (Lipinski definition) is 0. The van der Waals surface area contributed by atoms with Gasteiger partial charge in [-0.05, 0) is 33.6 Å². The Morgan fingerprint density at radius 1 is 1.24 bits per heavy atom. The highest BCUT2D eigenvalue weighted by molar-refractivity contribution is 5.41. The molecule has 2 saturated heterocycles. The molecule has 0 aromatic carbocycles. The summed E-state index contributed by atoms with van der Waals surface area (Å²) >= 11 is 0. The second kappa shape index (κ2) is 6.28. The quantitative estimate of drug-likeness (QED) is 0.850. The average Bonchev–Trinajstić information content (AvgIpc) is 2.85. The molecule has 0 aliphatic carbocycles. The summed E-state index contributed by atoms with van der Waals surface area (Å²) in [5.41, 5.74) is 1.04. The lowest BCUT2D eigenvalue weighted by Gasteiger charge is -2.38. The van der Waals surface area contributed by atoms with Crippen molar-refractivity contribution in [2.45, 2.75) is 51.9 Å². The first-order chi connectivity index (χ1) is 10.1. The first kappa shape index (κ1) is 14.7. The Hall–Kier alpha value is -1.20. The van der Waals surface area contributed by atoms with E-state index in [-0.39, 0.29) is 0 Å².